The molecule has 1 saturated heterocycles. The zero-order valence-electron chi connectivity index (χ0n) is 11.5. The van der Waals surface area contributed by atoms with Crippen molar-refractivity contribution in [1.82, 2.24) is 4.90 Å². The highest BCUT2D eigenvalue weighted by molar-refractivity contribution is 5.70. The van der Waals surface area contributed by atoms with Gasteiger partial charge in [-0.15, -0.1) is 0 Å². The highest BCUT2D eigenvalue weighted by atomic mass is 19.4. The van der Waals surface area contributed by atoms with E-state index in [-0.39, 0.29) is 12.1 Å². The molecule has 2 aliphatic heterocycles. The van der Waals surface area contributed by atoms with Gasteiger partial charge in [-0.1, -0.05) is 25.5 Å². The van der Waals surface area contributed by atoms with E-state index in [1.54, 1.807) is 0 Å². The summed E-state index contributed by atoms with van der Waals surface area (Å²) in [5, 5.41) is 0. The van der Waals surface area contributed by atoms with Crippen molar-refractivity contribution in [3.05, 3.63) is 11.6 Å². The van der Waals surface area contributed by atoms with Gasteiger partial charge in [-0.2, -0.15) is 13.2 Å². The van der Waals surface area contributed by atoms with Crippen molar-refractivity contribution in [1.29, 1.82) is 0 Å². The van der Waals surface area contributed by atoms with Crippen molar-refractivity contribution in [3.63, 3.8) is 0 Å². The topological polar surface area (TPSA) is 29.5 Å². The van der Waals surface area contributed by atoms with Gasteiger partial charge in [0.15, 0.2) is 6.61 Å². The molecule has 2 atom stereocenters. The van der Waals surface area contributed by atoms with E-state index >= 15 is 0 Å². The smallest absolute Gasteiger partial charge is 0.422 e. The Labute approximate surface area is 111 Å². The number of nitrogens with zero attached hydrogens (tertiary/aromatic N) is 1. The van der Waals surface area contributed by atoms with Crippen LogP contribution in [-0.4, -0.2) is 35.9 Å². The predicted octanol–water partition coefficient (Wildman–Crippen LogP) is 3.89. The second kappa shape index (κ2) is 6.30. The van der Waals surface area contributed by atoms with E-state index in [9.17, 15) is 18.0 Å². The number of fused-ring (bicyclic) bond motifs is 2. The Hall–Kier alpha value is -1.20. The van der Waals surface area contributed by atoms with Crippen molar-refractivity contribution in [2.45, 2.75) is 58.3 Å². The Bertz CT molecular complexity index is 352. The number of amides is 1. The highest BCUT2D eigenvalue weighted by Crippen LogP contribution is 2.35. The fourth-order valence-electron chi connectivity index (χ4n) is 2.55. The Morgan fingerprint density at radius 2 is 2.05 bits per heavy atom. The lowest BCUT2D eigenvalue weighted by Crippen LogP contribution is -2.44. The first-order valence-electron chi connectivity index (χ1n) is 6.56. The molecule has 6 heteroatoms. The number of hydrogen-bond donors (Lipinski definition) is 0. The molecule has 0 N–H and O–H groups in total. The van der Waals surface area contributed by atoms with Gasteiger partial charge >= 0.3 is 12.3 Å². The van der Waals surface area contributed by atoms with Crippen molar-refractivity contribution in [3.8, 4) is 0 Å². The van der Waals surface area contributed by atoms with E-state index in [4.69, 9.17) is 0 Å². The van der Waals surface area contributed by atoms with Crippen molar-refractivity contribution < 1.29 is 22.7 Å². The molecule has 3 nitrogen and oxygen atoms in total. The molecule has 0 aliphatic carbocycles. The van der Waals surface area contributed by atoms with Crippen molar-refractivity contribution in [2.24, 2.45) is 0 Å². The fraction of sp³-hybridized carbons (Fsp3) is 0.769. The predicted molar refractivity (Wildman–Crippen MR) is 65.8 cm³/mol. The van der Waals surface area contributed by atoms with E-state index in [0.717, 1.165) is 19.3 Å². The SMILES string of the molecule is CC.CC1=CC2CCC(C1)N2C(=O)OCC(F)(F)F. The van der Waals surface area contributed by atoms with Crippen molar-refractivity contribution >= 4 is 6.09 Å². The number of carbonyl (C=O) groups is 1. The summed E-state index contributed by atoms with van der Waals surface area (Å²) in [4.78, 5) is 13.0. The van der Waals surface area contributed by atoms with Gasteiger partial charge in [0.1, 0.15) is 0 Å². The van der Waals surface area contributed by atoms with Gasteiger partial charge in [-0.05, 0) is 26.2 Å². The van der Waals surface area contributed by atoms with Crippen LogP contribution in [0.4, 0.5) is 18.0 Å². The molecule has 0 aromatic heterocycles. The Balaban J connectivity index is 0.000000861. The molecule has 0 saturated carbocycles. The highest BCUT2D eigenvalue weighted by Gasteiger charge is 2.41. The Morgan fingerprint density at radius 1 is 1.42 bits per heavy atom. The molecule has 2 rings (SSSR count). The number of alkyl halides is 3. The molecule has 2 bridgehead atoms. The van der Waals surface area contributed by atoms with Crippen LogP contribution < -0.4 is 0 Å². The van der Waals surface area contributed by atoms with E-state index in [1.807, 2.05) is 26.8 Å². The summed E-state index contributed by atoms with van der Waals surface area (Å²) < 4.78 is 40.1. The van der Waals surface area contributed by atoms with Crippen LogP contribution in [0.15, 0.2) is 11.6 Å². The van der Waals surface area contributed by atoms with Gasteiger partial charge in [-0.25, -0.2) is 4.79 Å². The van der Waals surface area contributed by atoms with E-state index in [0.29, 0.717) is 0 Å². The molecule has 19 heavy (non-hydrogen) atoms. The van der Waals surface area contributed by atoms with Crippen LogP contribution in [0, 0.1) is 0 Å². The van der Waals surface area contributed by atoms with Crippen LogP contribution in [0.25, 0.3) is 0 Å². The van der Waals surface area contributed by atoms with Crippen molar-refractivity contribution in [2.75, 3.05) is 6.61 Å². The van der Waals surface area contributed by atoms with Gasteiger partial charge in [0.2, 0.25) is 0 Å². The van der Waals surface area contributed by atoms with Crippen LogP contribution in [0.3, 0.4) is 0 Å². The molecule has 0 aromatic carbocycles. The number of rotatable bonds is 1. The second-order valence-electron chi connectivity index (χ2n) is 4.59. The first-order valence-corrected chi connectivity index (χ1v) is 6.56. The third-order valence-corrected chi connectivity index (χ3v) is 3.15. The summed E-state index contributed by atoms with van der Waals surface area (Å²) in [5.74, 6) is 0. The lowest BCUT2D eigenvalue weighted by atomic mass is 10.0. The van der Waals surface area contributed by atoms with Crippen LogP contribution in [-0.2, 0) is 4.74 Å². The molecule has 2 unspecified atom stereocenters. The minimum absolute atomic E-state index is 0.00531. The van der Waals surface area contributed by atoms with Gasteiger partial charge in [0.25, 0.3) is 0 Å². The first kappa shape index (κ1) is 15.9. The van der Waals surface area contributed by atoms with Gasteiger partial charge in [0, 0.05) is 6.04 Å². The summed E-state index contributed by atoms with van der Waals surface area (Å²) in [5.41, 5.74) is 1.19. The average Bonchev–Trinajstić information content (AvgIpc) is 2.60. The van der Waals surface area contributed by atoms with Gasteiger partial charge in [0.05, 0.1) is 6.04 Å². The maximum Gasteiger partial charge on any atom is 0.422 e. The lowest BCUT2D eigenvalue weighted by Gasteiger charge is -2.32. The molecule has 110 valence electrons. The molecule has 2 aliphatic rings. The minimum Gasteiger partial charge on any atom is -0.440 e. The summed E-state index contributed by atoms with van der Waals surface area (Å²) in [6.45, 7) is 4.47. The zero-order chi connectivity index (χ0) is 14.6. The molecule has 1 fully saturated rings. The second-order valence-corrected chi connectivity index (χ2v) is 4.59. The number of hydrogen-bond acceptors (Lipinski definition) is 2. The Morgan fingerprint density at radius 3 is 2.58 bits per heavy atom. The maximum atomic E-state index is 11.9. The number of ether oxygens (including phenoxy) is 1. The van der Waals surface area contributed by atoms with E-state index < -0.39 is 18.9 Å². The lowest BCUT2D eigenvalue weighted by molar-refractivity contribution is -0.163. The first-order chi connectivity index (χ1) is 8.87. The summed E-state index contributed by atoms with van der Waals surface area (Å²) in [6.07, 6.45) is -0.992. The largest absolute Gasteiger partial charge is 0.440 e. The summed E-state index contributed by atoms with van der Waals surface area (Å²) in [6, 6.07) is -0.0831. The molecular formula is C13H20F3NO2. The monoisotopic (exact) mass is 279 g/mol. The molecule has 1 amide bonds. The summed E-state index contributed by atoms with van der Waals surface area (Å²) in [7, 11) is 0. The molecule has 0 aromatic rings. The average molecular weight is 279 g/mol. The minimum atomic E-state index is -4.46. The van der Waals surface area contributed by atoms with Gasteiger partial charge in [-0.3, -0.25) is 4.90 Å². The third kappa shape index (κ3) is 4.14. The van der Waals surface area contributed by atoms with Crippen LogP contribution in [0.1, 0.15) is 40.0 Å². The van der Waals surface area contributed by atoms with Crippen LogP contribution >= 0.6 is 0 Å². The standard InChI is InChI=1S/C11H14F3NO2.C2H6/c1-7-4-8-2-3-9(5-7)15(8)10(16)17-6-11(12,13)14;1-2/h4,8-9H,2-3,5-6H2,1H3;1-2H3. The van der Waals surface area contributed by atoms with E-state index in [1.165, 1.54) is 10.5 Å². The number of halogens is 3. The molecule has 0 radical (unpaired) electrons. The third-order valence-electron chi connectivity index (χ3n) is 3.15. The zero-order valence-corrected chi connectivity index (χ0v) is 11.5. The number of carbonyl (C=O) groups excluding carboxylic acids is 1. The quantitative estimate of drug-likeness (QED) is 0.681. The Kier molecular flexibility index (Phi) is 5.26. The fourth-order valence-corrected chi connectivity index (χ4v) is 2.55. The molecular weight excluding hydrogens is 259 g/mol. The van der Waals surface area contributed by atoms with Crippen LogP contribution in [0.2, 0.25) is 0 Å². The maximum absolute atomic E-state index is 11.9. The molecule has 0 spiro atoms. The molecule has 2 heterocycles. The summed E-state index contributed by atoms with van der Waals surface area (Å²) >= 11 is 0. The van der Waals surface area contributed by atoms with Crippen LogP contribution in [0.5, 0.6) is 0 Å². The van der Waals surface area contributed by atoms with Gasteiger partial charge < -0.3 is 4.74 Å². The van der Waals surface area contributed by atoms with E-state index in [2.05, 4.69) is 4.74 Å². The normalized spacial score (nSPS) is 25.4.